The number of halogens is 1. The van der Waals surface area contributed by atoms with Crippen LogP contribution in [-0.2, 0) is 0 Å². The lowest BCUT2D eigenvalue weighted by Gasteiger charge is -2.06. The molecule has 0 aliphatic rings. The van der Waals surface area contributed by atoms with Gasteiger partial charge in [0.05, 0.1) is 16.8 Å². The first-order chi connectivity index (χ1) is 12.1. The summed E-state index contributed by atoms with van der Waals surface area (Å²) in [5.41, 5.74) is 2.98. The van der Waals surface area contributed by atoms with Gasteiger partial charge in [0.1, 0.15) is 17.6 Å². The van der Waals surface area contributed by atoms with Crippen LogP contribution in [0.25, 0.3) is 11.3 Å². The fourth-order valence-corrected chi connectivity index (χ4v) is 2.23. The molecule has 25 heavy (non-hydrogen) atoms. The Morgan fingerprint density at radius 3 is 2.48 bits per heavy atom. The maximum absolute atomic E-state index is 13.6. The molecule has 0 amide bonds. The Hall–Kier alpha value is -3.52. The average molecular weight is 332 g/mol. The monoisotopic (exact) mass is 332 g/mol. The molecule has 0 fully saturated rings. The summed E-state index contributed by atoms with van der Waals surface area (Å²) in [6.07, 6.45) is 1.77. The van der Waals surface area contributed by atoms with Crippen LogP contribution in [0.1, 0.15) is 21.5 Å². The van der Waals surface area contributed by atoms with Gasteiger partial charge >= 0.3 is 5.97 Å². The Balaban J connectivity index is 1.76. The van der Waals surface area contributed by atoms with Gasteiger partial charge in [-0.1, -0.05) is 18.2 Å². The summed E-state index contributed by atoms with van der Waals surface area (Å²) in [5, 5.41) is 8.70. The van der Waals surface area contributed by atoms with E-state index in [9.17, 15) is 9.18 Å². The van der Waals surface area contributed by atoms with Crippen LogP contribution in [0.4, 0.5) is 4.39 Å². The highest BCUT2D eigenvalue weighted by Gasteiger charge is 2.11. The van der Waals surface area contributed by atoms with Gasteiger partial charge in [0.2, 0.25) is 0 Å². The molecule has 4 nitrogen and oxygen atoms in total. The fourth-order valence-electron chi connectivity index (χ4n) is 2.23. The molecule has 0 radical (unpaired) electrons. The fraction of sp³-hybridized carbons (Fsp3) is 0.0500. The minimum absolute atomic E-state index is 0.0470. The second kappa shape index (κ2) is 6.93. The molecule has 0 atom stereocenters. The van der Waals surface area contributed by atoms with Gasteiger partial charge in [-0.3, -0.25) is 4.98 Å². The third-order valence-corrected chi connectivity index (χ3v) is 3.60. The zero-order valence-corrected chi connectivity index (χ0v) is 13.4. The van der Waals surface area contributed by atoms with Crippen molar-refractivity contribution < 1.29 is 13.9 Å². The number of hydrogen-bond acceptors (Lipinski definition) is 4. The lowest BCUT2D eigenvalue weighted by atomic mass is 10.1. The van der Waals surface area contributed by atoms with Gasteiger partial charge in [-0.2, -0.15) is 5.26 Å². The molecule has 0 unspecified atom stereocenters. The van der Waals surface area contributed by atoms with Gasteiger partial charge < -0.3 is 4.74 Å². The zero-order chi connectivity index (χ0) is 17.8. The standard InChI is InChI=1S/C20H13FN2O2/c1-13-2-9-19(23-12-13)14-3-5-15(6-4-14)20(24)25-17-8-7-16(11-22)18(21)10-17/h2-10,12H,1H3. The topological polar surface area (TPSA) is 63.0 Å². The van der Waals surface area contributed by atoms with Crippen molar-refractivity contribution >= 4 is 5.97 Å². The number of nitrogens with zero attached hydrogens (tertiary/aromatic N) is 2. The Morgan fingerprint density at radius 1 is 1.12 bits per heavy atom. The molecule has 0 N–H and O–H groups in total. The number of aryl methyl sites for hydroxylation is 1. The van der Waals surface area contributed by atoms with E-state index in [1.165, 1.54) is 12.1 Å². The second-order valence-electron chi connectivity index (χ2n) is 5.44. The third-order valence-electron chi connectivity index (χ3n) is 3.60. The molecule has 0 aliphatic carbocycles. The van der Waals surface area contributed by atoms with Gasteiger partial charge in [-0.05, 0) is 42.8 Å². The molecule has 0 saturated heterocycles. The van der Waals surface area contributed by atoms with Crippen molar-refractivity contribution in [2.75, 3.05) is 0 Å². The summed E-state index contributed by atoms with van der Waals surface area (Å²) >= 11 is 0. The minimum atomic E-state index is -0.728. The summed E-state index contributed by atoms with van der Waals surface area (Å²) in [4.78, 5) is 16.5. The summed E-state index contributed by atoms with van der Waals surface area (Å²) in [6, 6.07) is 16.0. The van der Waals surface area contributed by atoms with E-state index in [2.05, 4.69) is 4.98 Å². The molecule has 1 heterocycles. The van der Waals surface area contributed by atoms with Crippen LogP contribution >= 0.6 is 0 Å². The van der Waals surface area contributed by atoms with Crippen LogP contribution in [0.15, 0.2) is 60.8 Å². The maximum atomic E-state index is 13.6. The van der Waals surface area contributed by atoms with Gasteiger partial charge in [-0.15, -0.1) is 0 Å². The van der Waals surface area contributed by atoms with Crippen molar-refractivity contribution in [3.8, 4) is 23.1 Å². The number of pyridine rings is 1. The van der Waals surface area contributed by atoms with Gasteiger partial charge in [0.25, 0.3) is 0 Å². The van der Waals surface area contributed by atoms with Crippen molar-refractivity contribution in [1.29, 1.82) is 5.26 Å². The number of benzene rings is 2. The van der Waals surface area contributed by atoms with Crippen LogP contribution in [0.5, 0.6) is 5.75 Å². The first-order valence-electron chi connectivity index (χ1n) is 7.52. The van der Waals surface area contributed by atoms with E-state index in [0.717, 1.165) is 22.9 Å². The van der Waals surface area contributed by atoms with Crippen LogP contribution in [0.3, 0.4) is 0 Å². The number of aromatic nitrogens is 1. The van der Waals surface area contributed by atoms with Gasteiger partial charge in [0.15, 0.2) is 0 Å². The van der Waals surface area contributed by atoms with Crippen LogP contribution < -0.4 is 4.74 Å². The molecule has 0 bridgehead atoms. The van der Waals surface area contributed by atoms with E-state index in [4.69, 9.17) is 10.00 Å². The molecule has 3 aromatic rings. The van der Waals surface area contributed by atoms with E-state index in [-0.39, 0.29) is 11.3 Å². The number of carbonyl (C=O) groups is 1. The van der Waals surface area contributed by atoms with Crippen LogP contribution in [0.2, 0.25) is 0 Å². The van der Waals surface area contributed by atoms with Crippen LogP contribution in [0, 0.1) is 24.1 Å². The van der Waals surface area contributed by atoms with Crippen molar-refractivity contribution in [2.24, 2.45) is 0 Å². The summed E-state index contributed by atoms with van der Waals surface area (Å²) in [5.74, 6) is -1.29. The number of ether oxygens (including phenoxy) is 1. The molecule has 2 aromatic carbocycles. The largest absolute Gasteiger partial charge is 0.423 e. The highest BCUT2D eigenvalue weighted by atomic mass is 19.1. The van der Waals surface area contributed by atoms with E-state index in [0.29, 0.717) is 5.56 Å². The van der Waals surface area contributed by atoms with Gasteiger partial charge in [0, 0.05) is 17.8 Å². The van der Waals surface area contributed by atoms with Crippen molar-refractivity contribution in [3.05, 3.63) is 83.3 Å². The quantitative estimate of drug-likeness (QED) is 0.530. The highest BCUT2D eigenvalue weighted by molar-refractivity contribution is 5.91. The Morgan fingerprint density at radius 2 is 1.88 bits per heavy atom. The molecule has 0 saturated carbocycles. The van der Waals surface area contributed by atoms with E-state index in [1.807, 2.05) is 19.1 Å². The molecule has 122 valence electrons. The van der Waals surface area contributed by atoms with Crippen molar-refractivity contribution in [3.63, 3.8) is 0 Å². The molecule has 0 aliphatic heterocycles. The summed E-state index contributed by atoms with van der Waals surface area (Å²) in [7, 11) is 0. The first-order valence-corrected chi connectivity index (χ1v) is 7.52. The van der Waals surface area contributed by atoms with Crippen molar-refractivity contribution in [2.45, 2.75) is 6.92 Å². The molecule has 0 spiro atoms. The smallest absolute Gasteiger partial charge is 0.343 e. The van der Waals surface area contributed by atoms with E-state index in [1.54, 1.807) is 36.5 Å². The normalized spacial score (nSPS) is 10.1. The number of hydrogen-bond donors (Lipinski definition) is 0. The second-order valence-corrected chi connectivity index (χ2v) is 5.44. The lowest BCUT2D eigenvalue weighted by molar-refractivity contribution is 0.0734. The predicted molar refractivity (Wildman–Crippen MR) is 90.5 cm³/mol. The van der Waals surface area contributed by atoms with E-state index >= 15 is 0 Å². The number of rotatable bonds is 3. The Bertz CT molecular complexity index is 958. The minimum Gasteiger partial charge on any atom is -0.423 e. The number of carbonyl (C=O) groups excluding carboxylic acids is 1. The van der Waals surface area contributed by atoms with Gasteiger partial charge in [-0.25, -0.2) is 9.18 Å². The molecule has 3 rings (SSSR count). The Labute approximate surface area is 144 Å². The van der Waals surface area contributed by atoms with Crippen LogP contribution in [-0.4, -0.2) is 11.0 Å². The number of esters is 1. The molecular formula is C20H13FN2O2. The van der Waals surface area contributed by atoms with E-state index < -0.39 is 11.8 Å². The van der Waals surface area contributed by atoms with Crippen molar-refractivity contribution in [1.82, 2.24) is 4.98 Å². The Kier molecular flexibility index (Phi) is 4.53. The summed E-state index contributed by atoms with van der Waals surface area (Å²) in [6.45, 7) is 1.96. The average Bonchev–Trinajstić information content (AvgIpc) is 2.63. The molecule has 1 aromatic heterocycles. The molecular weight excluding hydrogens is 319 g/mol. The highest BCUT2D eigenvalue weighted by Crippen LogP contribution is 2.20. The maximum Gasteiger partial charge on any atom is 0.343 e. The third kappa shape index (κ3) is 3.70. The predicted octanol–water partition coefficient (Wildman–Crippen LogP) is 4.29. The SMILES string of the molecule is Cc1ccc(-c2ccc(C(=O)Oc3ccc(C#N)c(F)c3)cc2)nc1. The lowest BCUT2D eigenvalue weighted by Crippen LogP contribution is -2.08. The number of nitriles is 1. The first kappa shape index (κ1) is 16.3. The molecule has 5 heteroatoms. The summed E-state index contributed by atoms with van der Waals surface area (Å²) < 4.78 is 18.7. The zero-order valence-electron chi connectivity index (χ0n) is 13.4.